The van der Waals surface area contributed by atoms with Crippen LogP contribution >= 0.6 is 0 Å². The van der Waals surface area contributed by atoms with E-state index in [9.17, 15) is 19.2 Å². The summed E-state index contributed by atoms with van der Waals surface area (Å²) in [5.41, 5.74) is -0.558. The van der Waals surface area contributed by atoms with Crippen LogP contribution in [0.1, 0.15) is 65.7 Å². The molecule has 1 saturated heterocycles. The number of nitrogens with one attached hydrogen (secondary N) is 3. The molecule has 0 spiro atoms. The van der Waals surface area contributed by atoms with Crippen LogP contribution < -0.4 is 16.0 Å². The summed E-state index contributed by atoms with van der Waals surface area (Å²) in [4.78, 5) is 50.6. The maximum atomic E-state index is 13.2. The van der Waals surface area contributed by atoms with Crippen molar-refractivity contribution >= 4 is 23.7 Å². The molecule has 3 rings (SSSR count). The van der Waals surface area contributed by atoms with E-state index in [-0.39, 0.29) is 35.7 Å². The number of amides is 3. The molecule has 1 unspecified atom stereocenters. The maximum absolute atomic E-state index is 13.2. The molecule has 30 heavy (non-hydrogen) atoms. The van der Waals surface area contributed by atoms with Crippen molar-refractivity contribution in [3.05, 3.63) is 0 Å². The second kappa shape index (κ2) is 8.94. The summed E-state index contributed by atoms with van der Waals surface area (Å²) in [6.45, 7) is 5.63. The highest BCUT2D eigenvalue weighted by Gasteiger charge is 2.51. The second-order valence-corrected chi connectivity index (χ2v) is 10.0. The summed E-state index contributed by atoms with van der Waals surface area (Å²) >= 11 is 0. The normalized spacial score (nSPS) is 28.4. The molecule has 0 aromatic carbocycles. The van der Waals surface area contributed by atoms with Gasteiger partial charge in [0.25, 0.3) is 0 Å². The van der Waals surface area contributed by atoms with E-state index in [1.54, 1.807) is 7.05 Å². The molecule has 1 aliphatic heterocycles. The van der Waals surface area contributed by atoms with Gasteiger partial charge in [0.1, 0.15) is 18.2 Å². The number of hydrogen-bond acceptors (Lipinski definition) is 5. The number of carbonyl (C=O) groups is 4. The summed E-state index contributed by atoms with van der Waals surface area (Å²) in [6.07, 6.45) is 5.94. The number of likely N-dealkylation sites (N-methyl/N-ethyl adjacent to an activating group) is 1. The first-order chi connectivity index (χ1) is 14.1. The van der Waals surface area contributed by atoms with E-state index in [2.05, 4.69) is 16.0 Å². The molecule has 2 aliphatic carbocycles. The lowest BCUT2D eigenvalue weighted by Gasteiger charge is -2.35. The van der Waals surface area contributed by atoms with Crippen molar-refractivity contribution in [2.75, 3.05) is 7.05 Å². The fourth-order valence-electron chi connectivity index (χ4n) is 5.07. The molecular formula is C22H35N3O5. The van der Waals surface area contributed by atoms with Gasteiger partial charge in [-0.15, -0.1) is 0 Å². The first-order valence-corrected chi connectivity index (χ1v) is 11.1. The third-order valence-corrected chi connectivity index (χ3v) is 6.80. The molecule has 5 atom stereocenters. The Labute approximate surface area is 178 Å². The Morgan fingerprint density at radius 1 is 1.00 bits per heavy atom. The highest BCUT2D eigenvalue weighted by atomic mass is 16.6. The number of fused-ring (bicyclic) bond motifs is 2. The topological polar surface area (TPSA) is 114 Å². The van der Waals surface area contributed by atoms with Gasteiger partial charge in [-0.2, -0.15) is 0 Å². The molecule has 0 aromatic rings. The first-order valence-electron chi connectivity index (χ1n) is 11.1. The van der Waals surface area contributed by atoms with Gasteiger partial charge >= 0.3 is 5.97 Å². The van der Waals surface area contributed by atoms with Gasteiger partial charge < -0.3 is 20.7 Å². The molecule has 2 saturated carbocycles. The van der Waals surface area contributed by atoms with Crippen LogP contribution in [0.2, 0.25) is 0 Å². The fourth-order valence-corrected chi connectivity index (χ4v) is 5.07. The Balaban J connectivity index is 1.70. The Kier molecular flexibility index (Phi) is 6.72. The minimum atomic E-state index is -0.809. The lowest BCUT2D eigenvalue weighted by Crippen LogP contribution is -2.60. The molecule has 0 radical (unpaired) electrons. The minimum Gasteiger partial charge on any atom is -0.462 e. The molecule has 1 heterocycles. The van der Waals surface area contributed by atoms with E-state index < -0.39 is 29.3 Å². The van der Waals surface area contributed by atoms with Crippen LogP contribution in [0.3, 0.4) is 0 Å². The van der Waals surface area contributed by atoms with Crippen molar-refractivity contribution in [3.8, 4) is 0 Å². The summed E-state index contributed by atoms with van der Waals surface area (Å²) in [7, 11) is 1.57. The van der Waals surface area contributed by atoms with Gasteiger partial charge in [-0.3, -0.25) is 19.2 Å². The van der Waals surface area contributed by atoms with Gasteiger partial charge in [-0.25, -0.2) is 0 Å². The predicted octanol–water partition coefficient (Wildman–Crippen LogP) is 1.28. The second-order valence-electron chi connectivity index (χ2n) is 10.0. The van der Waals surface area contributed by atoms with Crippen LogP contribution in [0, 0.1) is 23.2 Å². The van der Waals surface area contributed by atoms with Crippen LogP contribution in [0.25, 0.3) is 0 Å². The lowest BCUT2D eigenvalue weighted by atomic mass is 9.82. The minimum absolute atomic E-state index is 0.0966. The first kappa shape index (κ1) is 22.6. The van der Waals surface area contributed by atoms with Crippen molar-refractivity contribution < 1.29 is 23.9 Å². The van der Waals surface area contributed by atoms with Gasteiger partial charge in [0.2, 0.25) is 17.7 Å². The number of carbonyl (C=O) groups excluding carboxylic acids is 4. The number of hydrogen-bond donors (Lipinski definition) is 3. The molecule has 3 amide bonds. The van der Waals surface area contributed by atoms with Gasteiger partial charge in [-0.05, 0) is 37.0 Å². The largest absolute Gasteiger partial charge is 0.462 e. The van der Waals surface area contributed by atoms with Crippen LogP contribution in [-0.4, -0.2) is 48.9 Å². The number of ether oxygens (including phenoxy) is 1. The standard InChI is InChI=1S/C22H35N3O5/c1-22(2,3)17(25-18(26)14-10-13-11-15(14)21(29)30-13)20(28)24-16(19(27)23-4)12-8-6-5-7-9-12/h12-17H,5-11H2,1-4H3,(H,23,27)(H,24,28)(H,25,26)/t13-,14-,15-,16+,17?/m1/s1. The molecule has 8 nitrogen and oxygen atoms in total. The predicted molar refractivity (Wildman–Crippen MR) is 110 cm³/mol. The zero-order valence-electron chi connectivity index (χ0n) is 18.5. The van der Waals surface area contributed by atoms with Gasteiger partial charge in [0, 0.05) is 7.05 Å². The summed E-state index contributed by atoms with van der Waals surface area (Å²) < 4.78 is 5.18. The lowest BCUT2D eigenvalue weighted by molar-refractivity contribution is -0.154. The zero-order chi connectivity index (χ0) is 22.1. The number of esters is 1. The highest BCUT2D eigenvalue weighted by Crippen LogP contribution is 2.41. The van der Waals surface area contributed by atoms with E-state index in [0.29, 0.717) is 12.8 Å². The van der Waals surface area contributed by atoms with E-state index in [1.807, 2.05) is 20.8 Å². The zero-order valence-corrected chi connectivity index (χ0v) is 18.5. The average Bonchev–Trinajstić information content (AvgIpc) is 3.28. The monoisotopic (exact) mass is 421 g/mol. The van der Waals surface area contributed by atoms with Crippen molar-refractivity contribution in [2.45, 2.75) is 83.9 Å². The summed E-state index contributed by atoms with van der Waals surface area (Å²) in [6, 6.07) is -1.42. The smallest absolute Gasteiger partial charge is 0.310 e. The van der Waals surface area contributed by atoms with E-state index in [0.717, 1.165) is 32.1 Å². The summed E-state index contributed by atoms with van der Waals surface area (Å²) in [5, 5.41) is 8.47. The van der Waals surface area contributed by atoms with Gasteiger partial charge in [0.05, 0.1) is 11.8 Å². The van der Waals surface area contributed by atoms with E-state index in [1.165, 1.54) is 0 Å². The third kappa shape index (κ3) is 4.78. The van der Waals surface area contributed by atoms with Gasteiger partial charge in [0.15, 0.2) is 0 Å². The van der Waals surface area contributed by atoms with E-state index in [4.69, 9.17) is 4.74 Å². The Morgan fingerprint density at radius 3 is 2.20 bits per heavy atom. The van der Waals surface area contributed by atoms with Crippen molar-refractivity contribution in [1.82, 2.24) is 16.0 Å². The molecule has 0 aromatic heterocycles. The van der Waals surface area contributed by atoms with Crippen LogP contribution in [-0.2, 0) is 23.9 Å². The maximum Gasteiger partial charge on any atom is 0.310 e. The van der Waals surface area contributed by atoms with Gasteiger partial charge in [-0.1, -0.05) is 40.0 Å². The van der Waals surface area contributed by atoms with Crippen LogP contribution in [0.15, 0.2) is 0 Å². The van der Waals surface area contributed by atoms with Crippen LogP contribution in [0.4, 0.5) is 0 Å². The molecule has 168 valence electrons. The van der Waals surface area contributed by atoms with Crippen LogP contribution in [0.5, 0.6) is 0 Å². The molecule has 2 bridgehead atoms. The van der Waals surface area contributed by atoms with Crippen molar-refractivity contribution in [2.24, 2.45) is 23.2 Å². The summed E-state index contributed by atoms with van der Waals surface area (Å²) in [5.74, 6) is -1.95. The SMILES string of the molecule is CNC(=O)[C@@H](NC(=O)C(NC(=O)[C@@H]1C[C@@H]2C[C@H]1C(=O)O2)C(C)(C)C)C1CCCCC1. The molecule has 3 fully saturated rings. The Bertz CT molecular complexity index is 695. The van der Waals surface area contributed by atoms with E-state index >= 15 is 0 Å². The Morgan fingerprint density at radius 2 is 1.67 bits per heavy atom. The highest BCUT2D eigenvalue weighted by molar-refractivity contribution is 5.94. The quantitative estimate of drug-likeness (QED) is 0.559. The third-order valence-electron chi connectivity index (χ3n) is 6.80. The molecule has 3 aliphatic rings. The molecule has 3 N–H and O–H groups in total. The number of rotatable bonds is 6. The van der Waals surface area contributed by atoms with Crippen molar-refractivity contribution in [3.63, 3.8) is 0 Å². The molecule has 8 heteroatoms. The Hall–Kier alpha value is -2.12. The van der Waals surface area contributed by atoms with Crippen molar-refractivity contribution in [1.29, 1.82) is 0 Å². The average molecular weight is 422 g/mol. The molecular weight excluding hydrogens is 386 g/mol. The fraction of sp³-hybridized carbons (Fsp3) is 0.818.